The summed E-state index contributed by atoms with van der Waals surface area (Å²) in [5.74, 6) is 0.305. The summed E-state index contributed by atoms with van der Waals surface area (Å²) in [6.45, 7) is 1.92. The van der Waals surface area contributed by atoms with Gasteiger partial charge in [0.15, 0.2) is 6.61 Å². The zero-order chi connectivity index (χ0) is 18.4. The van der Waals surface area contributed by atoms with Gasteiger partial charge in [-0.2, -0.15) is 5.10 Å². The first-order chi connectivity index (χ1) is 12.6. The monoisotopic (exact) mass is 411 g/mol. The van der Waals surface area contributed by atoms with E-state index in [9.17, 15) is 4.79 Å². The van der Waals surface area contributed by atoms with Gasteiger partial charge in [-0.3, -0.25) is 4.79 Å². The Morgan fingerprint density at radius 1 is 1.12 bits per heavy atom. The minimum absolute atomic E-state index is 0.0995. The molecule has 3 rings (SSSR count). The molecule has 1 aromatic heterocycles. The van der Waals surface area contributed by atoms with E-state index >= 15 is 0 Å². The van der Waals surface area contributed by atoms with Crippen molar-refractivity contribution in [3.8, 4) is 11.4 Å². The van der Waals surface area contributed by atoms with Crippen molar-refractivity contribution in [2.24, 2.45) is 5.10 Å². The number of hydrogen-bond donors (Lipinski definition) is 1. The predicted molar refractivity (Wildman–Crippen MR) is 106 cm³/mol. The second kappa shape index (κ2) is 8.49. The van der Waals surface area contributed by atoms with Gasteiger partial charge in [-0.1, -0.05) is 34.1 Å². The SMILES string of the molecule is Cc1ccc(/C=N/NC(=O)COc2ccc(Br)cc2)n1-c1ccccc1. The lowest BCUT2D eigenvalue weighted by Crippen LogP contribution is -2.24. The Balaban J connectivity index is 1.59. The maximum absolute atomic E-state index is 11.9. The topological polar surface area (TPSA) is 55.6 Å². The summed E-state index contributed by atoms with van der Waals surface area (Å²) in [5, 5.41) is 4.03. The van der Waals surface area contributed by atoms with Crippen molar-refractivity contribution in [3.05, 3.63) is 82.6 Å². The fourth-order valence-electron chi connectivity index (χ4n) is 2.47. The number of benzene rings is 2. The number of hydrazone groups is 1. The molecule has 0 radical (unpaired) electrons. The van der Waals surface area contributed by atoms with Gasteiger partial charge < -0.3 is 9.30 Å². The van der Waals surface area contributed by atoms with Crippen molar-refractivity contribution in [2.45, 2.75) is 6.92 Å². The quantitative estimate of drug-likeness (QED) is 0.490. The summed E-state index contributed by atoms with van der Waals surface area (Å²) in [6.07, 6.45) is 1.62. The molecule has 0 fully saturated rings. The summed E-state index contributed by atoms with van der Waals surface area (Å²) >= 11 is 3.35. The number of carbonyl (C=O) groups is 1. The van der Waals surface area contributed by atoms with Gasteiger partial charge in [0.1, 0.15) is 5.75 Å². The molecular formula is C20H18BrN3O2. The Morgan fingerprint density at radius 2 is 1.85 bits per heavy atom. The Morgan fingerprint density at radius 3 is 2.58 bits per heavy atom. The summed E-state index contributed by atoms with van der Waals surface area (Å²) in [6, 6.07) is 21.2. The van der Waals surface area contributed by atoms with Crippen LogP contribution in [0.4, 0.5) is 0 Å². The van der Waals surface area contributed by atoms with Gasteiger partial charge in [0.2, 0.25) is 0 Å². The number of amides is 1. The van der Waals surface area contributed by atoms with Gasteiger partial charge in [0.25, 0.3) is 5.91 Å². The molecule has 3 aromatic rings. The molecule has 0 saturated carbocycles. The van der Waals surface area contributed by atoms with Crippen LogP contribution in [0.1, 0.15) is 11.4 Å². The van der Waals surface area contributed by atoms with E-state index in [2.05, 4.69) is 31.0 Å². The Hall–Kier alpha value is -2.86. The third kappa shape index (κ3) is 4.61. The summed E-state index contributed by atoms with van der Waals surface area (Å²) < 4.78 is 8.43. The number of ether oxygens (including phenoxy) is 1. The van der Waals surface area contributed by atoms with E-state index in [1.807, 2.05) is 61.5 Å². The van der Waals surface area contributed by atoms with E-state index < -0.39 is 0 Å². The van der Waals surface area contributed by atoms with Crippen LogP contribution >= 0.6 is 15.9 Å². The van der Waals surface area contributed by atoms with Crippen LogP contribution in [0.3, 0.4) is 0 Å². The third-order valence-electron chi connectivity index (χ3n) is 3.69. The minimum Gasteiger partial charge on any atom is -0.484 e. The highest BCUT2D eigenvalue weighted by molar-refractivity contribution is 9.10. The molecule has 0 atom stereocenters. The number of carbonyl (C=O) groups excluding carboxylic acids is 1. The van der Waals surface area contributed by atoms with Gasteiger partial charge >= 0.3 is 0 Å². The smallest absolute Gasteiger partial charge is 0.277 e. The highest BCUT2D eigenvalue weighted by Gasteiger charge is 2.06. The van der Waals surface area contributed by atoms with Crippen molar-refractivity contribution in [1.29, 1.82) is 0 Å². The van der Waals surface area contributed by atoms with Crippen LogP contribution < -0.4 is 10.2 Å². The van der Waals surface area contributed by atoms with Crippen LogP contribution in [0.2, 0.25) is 0 Å². The molecule has 6 heteroatoms. The Bertz CT molecular complexity index is 903. The molecule has 132 valence electrons. The third-order valence-corrected chi connectivity index (χ3v) is 4.22. The molecule has 2 aromatic carbocycles. The van der Waals surface area contributed by atoms with Gasteiger partial charge in [-0.05, 0) is 55.5 Å². The molecule has 0 aliphatic rings. The normalized spacial score (nSPS) is 10.8. The summed E-state index contributed by atoms with van der Waals surface area (Å²) in [4.78, 5) is 11.9. The number of nitrogens with one attached hydrogen (secondary N) is 1. The zero-order valence-electron chi connectivity index (χ0n) is 14.2. The number of halogens is 1. The van der Waals surface area contributed by atoms with Crippen molar-refractivity contribution < 1.29 is 9.53 Å². The molecule has 0 unspecified atom stereocenters. The highest BCUT2D eigenvalue weighted by Crippen LogP contribution is 2.16. The average molecular weight is 412 g/mol. The largest absolute Gasteiger partial charge is 0.484 e. The first-order valence-electron chi connectivity index (χ1n) is 8.07. The van der Waals surface area contributed by atoms with E-state index in [-0.39, 0.29) is 12.5 Å². The molecule has 0 saturated heterocycles. The number of aryl methyl sites for hydroxylation is 1. The number of aromatic nitrogens is 1. The van der Waals surface area contributed by atoms with Gasteiger partial charge in [0, 0.05) is 15.9 Å². The molecule has 0 bridgehead atoms. The number of rotatable bonds is 6. The Labute approximate surface area is 160 Å². The second-order valence-electron chi connectivity index (χ2n) is 5.61. The molecular weight excluding hydrogens is 394 g/mol. The first kappa shape index (κ1) is 17.9. The molecule has 26 heavy (non-hydrogen) atoms. The maximum Gasteiger partial charge on any atom is 0.277 e. The van der Waals surface area contributed by atoms with Crippen LogP contribution in [-0.2, 0) is 4.79 Å². The fourth-order valence-corrected chi connectivity index (χ4v) is 2.74. The maximum atomic E-state index is 11.9. The first-order valence-corrected chi connectivity index (χ1v) is 8.87. The van der Waals surface area contributed by atoms with Crippen LogP contribution in [0.5, 0.6) is 5.75 Å². The van der Waals surface area contributed by atoms with Crippen molar-refractivity contribution in [3.63, 3.8) is 0 Å². The predicted octanol–water partition coefficient (Wildman–Crippen LogP) is 4.08. The molecule has 1 amide bonds. The molecule has 0 aliphatic carbocycles. The lowest BCUT2D eigenvalue weighted by molar-refractivity contribution is -0.123. The fraction of sp³-hybridized carbons (Fsp3) is 0.100. The summed E-state index contributed by atoms with van der Waals surface area (Å²) in [7, 11) is 0. The number of nitrogens with zero attached hydrogens (tertiary/aromatic N) is 2. The zero-order valence-corrected chi connectivity index (χ0v) is 15.8. The molecule has 1 N–H and O–H groups in total. The van der Waals surface area contributed by atoms with Crippen LogP contribution in [0, 0.1) is 6.92 Å². The van der Waals surface area contributed by atoms with Gasteiger partial charge in [0.05, 0.1) is 11.9 Å². The standard InChI is InChI=1S/C20H18BrN3O2/c1-15-7-10-18(24(15)17-5-3-2-4-6-17)13-22-23-20(25)14-26-19-11-8-16(21)9-12-19/h2-13H,14H2,1H3,(H,23,25)/b22-13+. The minimum atomic E-state index is -0.321. The molecule has 0 aliphatic heterocycles. The second-order valence-corrected chi connectivity index (χ2v) is 6.52. The highest BCUT2D eigenvalue weighted by atomic mass is 79.9. The van der Waals surface area contributed by atoms with E-state index in [4.69, 9.17) is 4.74 Å². The van der Waals surface area contributed by atoms with E-state index in [1.165, 1.54) is 0 Å². The van der Waals surface area contributed by atoms with Gasteiger partial charge in [-0.25, -0.2) is 5.43 Å². The Kier molecular flexibility index (Phi) is 5.86. The van der Waals surface area contributed by atoms with E-state index in [0.717, 1.165) is 21.5 Å². The van der Waals surface area contributed by atoms with Crippen molar-refractivity contribution >= 4 is 28.1 Å². The van der Waals surface area contributed by atoms with Crippen molar-refractivity contribution in [2.75, 3.05) is 6.61 Å². The van der Waals surface area contributed by atoms with Crippen LogP contribution in [0.15, 0.2) is 76.3 Å². The van der Waals surface area contributed by atoms with Crippen LogP contribution in [0.25, 0.3) is 5.69 Å². The average Bonchev–Trinajstić information content (AvgIpc) is 3.02. The van der Waals surface area contributed by atoms with E-state index in [1.54, 1.807) is 18.3 Å². The molecule has 1 heterocycles. The van der Waals surface area contributed by atoms with Gasteiger partial charge in [-0.15, -0.1) is 0 Å². The number of para-hydroxylation sites is 1. The molecule has 0 spiro atoms. The summed E-state index contributed by atoms with van der Waals surface area (Å²) in [5.41, 5.74) is 5.49. The number of hydrogen-bond acceptors (Lipinski definition) is 3. The van der Waals surface area contributed by atoms with E-state index in [0.29, 0.717) is 5.75 Å². The van der Waals surface area contributed by atoms with Crippen molar-refractivity contribution in [1.82, 2.24) is 9.99 Å². The molecule has 5 nitrogen and oxygen atoms in total. The lowest BCUT2D eigenvalue weighted by Gasteiger charge is -2.09. The lowest BCUT2D eigenvalue weighted by atomic mass is 10.3. The van der Waals surface area contributed by atoms with Crippen LogP contribution in [-0.4, -0.2) is 23.3 Å².